The van der Waals surface area contributed by atoms with Crippen molar-refractivity contribution in [2.45, 2.75) is 19.3 Å². The molecule has 0 spiro atoms. The van der Waals surface area contributed by atoms with Crippen molar-refractivity contribution < 1.29 is 0 Å². The highest BCUT2D eigenvalue weighted by Crippen LogP contribution is 2.22. The van der Waals surface area contributed by atoms with Crippen molar-refractivity contribution in [2.24, 2.45) is 0 Å². The number of fused-ring (bicyclic) bond motifs is 2. The van der Waals surface area contributed by atoms with Crippen molar-refractivity contribution in [1.29, 1.82) is 0 Å². The van der Waals surface area contributed by atoms with Gasteiger partial charge in [-0.15, -0.1) is 0 Å². The largest absolute Gasteiger partial charge is 0.253 e. The molecule has 2 aromatic carbocycles. The smallest absolute Gasteiger partial charge is 0.0705 e. The molecule has 2 heterocycles. The Morgan fingerprint density at radius 1 is 0.696 bits per heavy atom. The zero-order valence-electron chi connectivity index (χ0n) is 13.1. The van der Waals surface area contributed by atoms with Gasteiger partial charge in [0.15, 0.2) is 0 Å². The molecule has 0 fully saturated rings. The van der Waals surface area contributed by atoms with Crippen LogP contribution in [0.3, 0.4) is 0 Å². The first-order valence-electron chi connectivity index (χ1n) is 8.00. The summed E-state index contributed by atoms with van der Waals surface area (Å²) in [5.74, 6) is 0.341. The van der Waals surface area contributed by atoms with Crippen molar-refractivity contribution in [3.05, 3.63) is 84.2 Å². The fourth-order valence-corrected chi connectivity index (χ4v) is 3.00. The predicted molar refractivity (Wildman–Crippen MR) is 95.6 cm³/mol. The molecule has 1 atom stereocenters. The van der Waals surface area contributed by atoms with E-state index in [1.165, 1.54) is 10.8 Å². The monoisotopic (exact) mass is 298 g/mol. The minimum Gasteiger partial charge on any atom is -0.253 e. The third-order valence-corrected chi connectivity index (χ3v) is 4.30. The van der Waals surface area contributed by atoms with Gasteiger partial charge in [0.05, 0.1) is 11.0 Å². The van der Waals surface area contributed by atoms with Crippen molar-refractivity contribution in [1.82, 2.24) is 9.97 Å². The molecule has 23 heavy (non-hydrogen) atoms. The van der Waals surface area contributed by atoms with E-state index in [9.17, 15) is 0 Å². The average molecular weight is 298 g/mol. The number of benzene rings is 2. The summed E-state index contributed by atoms with van der Waals surface area (Å²) in [5.41, 5.74) is 4.36. The lowest BCUT2D eigenvalue weighted by Crippen LogP contribution is -2.03. The van der Waals surface area contributed by atoms with Crippen LogP contribution < -0.4 is 0 Å². The first-order chi connectivity index (χ1) is 11.3. The van der Waals surface area contributed by atoms with E-state index in [4.69, 9.17) is 9.97 Å². The molecule has 2 aromatic heterocycles. The van der Waals surface area contributed by atoms with E-state index >= 15 is 0 Å². The first kappa shape index (κ1) is 13.9. The number of para-hydroxylation sites is 2. The van der Waals surface area contributed by atoms with Crippen LogP contribution in [0, 0.1) is 0 Å². The van der Waals surface area contributed by atoms with Gasteiger partial charge >= 0.3 is 0 Å². The normalized spacial score (nSPS) is 12.6. The fraction of sp³-hybridized carbons (Fsp3) is 0.143. The molecule has 0 radical (unpaired) electrons. The van der Waals surface area contributed by atoms with E-state index in [0.717, 1.165) is 28.8 Å². The summed E-state index contributed by atoms with van der Waals surface area (Å²) in [6, 6.07) is 25.1. The minimum absolute atomic E-state index is 0.341. The Balaban J connectivity index is 1.63. The molecule has 0 amide bonds. The Morgan fingerprint density at radius 2 is 1.30 bits per heavy atom. The second kappa shape index (κ2) is 5.81. The molecule has 0 aliphatic carbocycles. The minimum atomic E-state index is 0.341. The Bertz CT molecular complexity index is 975. The zero-order valence-corrected chi connectivity index (χ0v) is 13.1. The lowest BCUT2D eigenvalue weighted by molar-refractivity contribution is 0.722. The van der Waals surface area contributed by atoms with Gasteiger partial charge in [-0.3, -0.25) is 9.97 Å². The molecule has 4 rings (SSSR count). The van der Waals surface area contributed by atoms with Crippen LogP contribution in [0.4, 0.5) is 0 Å². The summed E-state index contributed by atoms with van der Waals surface area (Å²) in [7, 11) is 0. The molecule has 112 valence electrons. The Morgan fingerprint density at radius 3 is 2.04 bits per heavy atom. The number of pyridine rings is 2. The molecule has 0 N–H and O–H groups in total. The van der Waals surface area contributed by atoms with E-state index in [2.05, 4.69) is 55.5 Å². The van der Waals surface area contributed by atoms with Crippen LogP contribution in [-0.4, -0.2) is 9.97 Å². The topological polar surface area (TPSA) is 25.8 Å². The average Bonchev–Trinajstić information content (AvgIpc) is 2.61. The Hall–Kier alpha value is -2.74. The third-order valence-electron chi connectivity index (χ3n) is 4.30. The number of hydrogen-bond acceptors (Lipinski definition) is 2. The number of hydrogen-bond donors (Lipinski definition) is 0. The highest BCUT2D eigenvalue weighted by Gasteiger charge is 2.10. The maximum Gasteiger partial charge on any atom is 0.0705 e. The number of rotatable bonds is 3. The van der Waals surface area contributed by atoms with Crippen LogP contribution in [0.5, 0.6) is 0 Å². The summed E-state index contributed by atoms with van der Waals surface area (Å²) in [4.78, 5) is 9.58. The summed E-state index contributed by atoms with van der Waals surface area (Å²) >= 11 is 0. The Kier molecular flexibility index (Phi) is 3.51. The molecule has 0 saturated heterocycles. The van der Waals surface area contributed by atoms with Crippen molar-refractivity contribution in [2.75, 3.05) is 0 Å². The second-order valence-corrected chi connectivity index (χ2v) is 6.03. The van der Waals surface area contributed by atoms with E-state index in [1.807, 2.05) is 24.3 Å². The Labute approximate surface area is 135 Å². The predicted octanol–water partition coefficient (Wildman–Crippen LogP) is 5.13. The summed E-state index contributed by atoms with van der Waals surface area (Å²) in [6.07, 6.45) is 0.899. The summed E-state index contributed by atoms with van der Waals surface area (Å²) < 4.78 is 0. The van der Waals surface area contributed by atoms with Gasteiger partial charge in [0.2, 0.25) is 0 Å². The van der Waals surface area contributed by atoms with Crippen LogP contribution in [0.2, 0.25) is 0 Å². The van der Waals surface area contributed by atoms with E-state index < -0.39 is 0 Å². The molecular formula is C21H18N2. The molecule has 0 bridgehead atoms. The van der Waals surface area contributed by atoms with Gasteiger partial charge in [-0.2, -0.15) is 0 Å². The first-order valence-corrected chi connectivity index (χ1v) is 8.00. The lowest BCUT2D eigenvalue weighted by Gasteiger charge is -2.12. The summed E-state index contributed by atoms with van der Waals surface area (Å²) in [6.45, 7) is 2.22. The molecule has 2 heteroatoms. The number of aromatic nitrogens is 2. The van der Waals surface area contributed by atoms with Crippen LogP contribution in [-0.2, 0) is 6.42 Å². The molecule has 0 saturated carbocycles. The van der Waals surface area contributed by atoms with Crippen molar-refractivity contribution >= 4 is 21.8 Å². The SMILES string of the molecule is CC(Cc1ccc2ccccc2n1)c1ccc2ccccc2n1. The molecule has 1 unspecified atom stereocenters. The maximum absolute atomic E-state index is 4.81. The number of nitrogens with zero attached hydrogens (tertiary/aromatic N) is 2. The lowest BCUT2D eigenvalue weighted by atomic mass is 9.99. The van der Waals surface area contributed by atoms with Crippen molar-refractivity contribution in [3.63, 3.8) is 0 Å². The second-order valence-electron chi connectivity index (χ2n) is 6.03. The van der Waals surface area contributed by atoms with Gasteiger partial charge in [0.25, 0.3) is 0 Å². The third kappa shape index (κ3) is 2.80. The van der Waals surface area contributed by atoms with Crippen LogP contribution in [0.1, 0.15) is 24.2 Å². The van der Waals surface area contributed by atoms with Gasteiger partial charge in [-0.25, -0.2) is 0 Å². The van der Waals surface area contributed by atoms with Gasteiger partial charge < -0.3 is 0 Å². The molecular weight excluding hydrogens is 280 g/mol. The molecule has 2 nitrogen and oxygen atoms in total. The van der Waals surface area contributed by atoms with Crippen LogP contribution >= 0.6 is 0 Å². The summed E-state index contributed by atoms with van der Waals surface area (Å²) in [5, 5.41) is 2.38. The van der Waals surface area contributed by atoms with Gasteiger partial charge in [0, 0.05) is 28.1 Å². The quantitative estimate of drug-likeness (QED) is 0.524. The van der Waals surface area contributed by atoms with Gasteiger partial charge in [-0.1, -0.05) is 55.5 Å². The highest BCUT2D eigenvalue weighted by molar-refractivity contribution is 5.79. The highest BCUT2D eigenvalue weighted by atomic mass is 14.7. The van der Waals surface area contributed by atoms with E-state index in [0.29, 0.717) is 5.92 Å². The van der Waals surface area contributed by atoms with Crippen LogP contribution in [0.15, 0.2) is 72.8 Å². The molecule has 0 aliphatic rings. The van der Waals surface area contributed by atoms with Crippen molar-refractivity contribution in [3.8, 4) is 0 Å². The van der Waals surface area contributed by atoms with Gasteiger partial charge in [0.1, 0.15) is 0 Å². The zero-order chi connectivity index (χ0) is 15.6. The maximum atomic E-state index is 4.81. The van der Waals surface area contributed by atoms with Crippen LogP contribution in [0.25, 0.3) is 21.8 Å². The van der Waals surface area contributed by atoms with E-state index in [-0.39, 0.29) is 0 Å². The molecule has 0 aliphatic heterocycles. The van der Waals surface area contributed by atoms with Gasteiger partial charge in [-0.05, 0) is 30.7 Å². The van der Waals surface area contributed by atoms with E-state index in [1.54, 1.807) is 0 Å². The molecule has 4 aromatic rings. The fourth-order valence-electron chi connectivity index (χ4n) is 3.00. The standard InChI is InChI=1S/C21H18N2/c1-15(19-13-11-17-7-3-5-9-21(17)23-19)14-18-12-10-16-6-2-4-8-20(16)22-18/h2-13,15H,14H2,1H3.